The van der Waals surface area contributed by atoms with Gasteiger partial charge in [-0.05, 0) is 50.2 Å². The Labute approximate surface area is 293 Å². The van der Waals surface area contributed by atoms with Crippen LogP contribution in [0.25, 0.3) is 22.5 Å². The zero-order valence-corrected chi connectivity index (χ0v) is 28.2. The summed E-state index contributed by atoms with van der Waals surface area (Å²) in [6.45, 7) is 3.17. The van der Waals surface area contributed by atoms with Crippen LogP contribution in [0.1, 0.15) is 53.4 Å². The first-order valence-corrected chi connectivity index (χ1v) is 17.1. The van der Waals surface area contributed by atoms with Crippen LogP contribution in [-0.4, -0.2) is 30.2 Å². The van der Waals surface area contributed by atoms with E-state index in [9.17, 15) is 0 Å². The van der Waals surface area contributed by atoms with E-state index in [2.05, 4.69) is 138 Å². The molecule has 0 aliphatic rings. The van der Waals surface area contributed by atoms with Gasteiger partial charge in [0.15, 0.2) is 5.82 Å². The SMILES string of the molecule is CCCCc1ncc(CN)c(NCc2ccc(-c3ccccc3-c3nnnn3C(c3ccccc3)(c3ccccc3)c3ccccc3)cc2)n1. The summed E-state index contributed by atoms with van der Waals surface area (Å²) in [4.78, 5) is 9.27. The number of nitrogens with one attached hydrogen (secondary N) is 1. The molecule has 0 saturated carbocycles. The van der Waals surface area contributed by atoms with Gasteiger partial charge >= 0.3 is 0 Å². The van der Waals surface area contributed by atoms with Crippen molar-refractivity contribution < 1.29 is 0 Å². The fourth-order valence-electron chi connectivity index (χ4n) is 6.60. The van der Waals surface area contributed by atoms with Crippen LogP contribution in [0.2, 0.25) is 0 Å². The number of tetrazole rings is 1. The van der Waals surface area contributed by atoms with Gasteiger partial charge in [-0.3, -0.25) is 0 Å². The minimum absolute atomic E-state index is 0.381. The van der Waals surface area contributed by atoms with Crippen molar-refractivity contribution in [2.75, 3.05) is 5.32 Å². The second kappa shape index (κ2) is 15.1. The lowest BCUT2D eigenvalue weighted by molar-refractivity contribution is 0.451. The maximum absolute atomic E-state index is 6.01. The molecule has 248 valence electrons. The number of aromatic nitrogens is 6. The summed E-state index contributed by atoms with van der Waals surface area (Å²) in [7, 11) is 0. The number of anilines is 1. The maximum Gasteiger partial charge on any atom is 0.184 e. The molecule has 0 aliphatic carbocycles. The molecule has 50 heavy (non-hydrogen) atoms. The van der Waals surface area contributed by atoms with Gasteiger partial charge in [-0.25, -0.2) is 14.6 Å². The minimum Gasteiger partial charge on any atom is -0.366 e. The van der Waals surface area contributed by atoms with Crippen molar-refractivity contribution in [2.45, 2.75) is 44.8 Å². The first-order chi connectivity index (χ1) is 24.7. The quantitative estimate of drug-likeness (QED) is 0.121. The Kier molecular flexibility index (Phi) is 9.80. The molecule has 7 aromatic rings. The smallest absolute Gasteiger partial charge is 0.184 e. The van der Waals surface area contributed by atoms with E-state index in [-0.39, 0.29) is 0 Å². The predicted molar refractivity (Wildman–Crippen MR) is 199 cm³/mol. The van der Waals surface area contributed by atoms with Crippen molar-refractivity contribution in [2.24, 2.45) is 5.73 Å². The number of hydrogen-bond donors (Lipinski definition) is 2. The molecular weight excluding hydrogens is 617 g/mol. The van der Waals surface area contributed by atoms with E-state index in [0.29, 0.717) is 18.9 Å². The van der Waals surface area contributed by atoms with Crippen molar-refractivity contribution in [3.8, 4) is 22.5 Å². The van der Waals surface area contributed by atoms with E-state index in [1.807, 2.05) is 35.1 Å². The number of nitrogens with two attached hydrogens (primary N) is 1. The fourth-order valence-corrected chi connectivity index (χ4v) is 6.60. The Hall–Kier alpha value is -5.99. The highest BCUT2D eigenvalue weighted by atomic mass is 15.6. The van der Waals surface area contributed by atoms with E-state index < -0.39 is 5.54 Å². The number of aryl methyl sites for hydroxylation is 1. The molecule has 0 radical (unpaired) electrons. The van der Waals surface area contributed by atoms with Gasteiger partial charge in [-0.15, -0.1) is 5.10 Å². The topological polar surface area (TPSA) is 107 Å². The van der Waals surface area contributed by atoms with Crippen LogP contribution in [-0.2, 0) is 25.0 Å². The monoisotopic (exact) mass is 656 g/mol. The zero-order chi connectivity index (χ0) is 34.2. The molecule has 8 nitrogen and oxygen atoms in total. The summed E-state index contributed by atoms with van der Waals surface area (Å²) >= 11 is 0. The van der Waals surface area contributed by atoms with Gasteiger partial charge in [0.2, 0.25) is 0 Å². The number of nitrogens with zero attached hydrogens (tertiary/aromatic N) is 6. The Bertz CT molecular complexity index is 2030. The Morgan fingerprint density at radius 2 is 1.28 bits per heavy atom. The Balaban J connectivity index is 1.27. The van der Waals surface area contributed by atoms with Gasteiger partial charge in [-0.2, -0.15) is 0 Å². The summed E-state index contributed by atoms with van der Waals surface area (Å²) in [5.74, 6) is 2.31. The van der Waals surface area contributed by atoms with Crippen LogP contribution in [0.3, 0.4) is 0 Å². The van der Waals surface area contributed by atoms with Crippen LogP contribution < -0.4 is 11.1 Å². The molecule has 5 aromatic carbocycles. The van der Waals surface area contributed by atoms with Gasteiger partial charge in [0, 0.05) is 36.8 Å². The molecule has 0 unspecified atom stereocenters. The standard InChI is InChI=1S/C42H40N8/c1-2-3-23-39-44-30-33(28-43)40(46-39)45-29-31-24-26-32(27-25-31)37-21-13-14-22-38(37)41-47-48-49-50(41)42(34-15-7-4-8-16-34,35-17-9-5-10-18-35)36-19-11-6-12-20-36/h4-22,24-27,30H,2-3,23,28-29,43H2,1H3,(H,44,45,46). The third-order valence-corrected chi connectivity index (χ3v) is 9.14. The fraction of sp³-hybridized carbons (Fsp3) is 0.167. The Morgan fingerprint density at radius 1 is 0.700 bits per heavy atom. The number of hydrogen-bond acceptors (Lipinski definition) is 7. The van der Waals surface area contributed by atoms with Crippen molar-refractivity contribution in [1.29, 1.82) is 0 Å². The molecule has 0 spiro atoms. The lowest BCUT2D eigenvalue weighted by Crippen LogP contribution is -2.39. The van der Waals surface area contributed by atoms with E-state index in [1.165, 1.54) is 0 Å². The molecule has 0 saturated heterocycles. The van der Waals surface area contributed by atoms with Gasteiger partial charge < -0.3 is 11.1 Å². The van der Waals surface area contributed by atoms with Gasteiger partial charge in [0.25, 0.3) is 0 Å². The largest absolute Gasteiger partial charge is 0.366 e. The second-order valence-corrected chi connectivity index (χ2v) is 12.3. The molecule has 2 heterocycles. The number of benzene rings is 5. The summed E-state index contributed by atoms with van der Waals surface area (Å²) in [5, 5.41) is 17.3. The molecule has 0 fully saturated rings. The lowest BCUT2D eigenvalue weighted by Gasteiger charge is -2.36. The van der Waals surface area contributed by atoms with E-state index in [1.54, 1.807) is 0 Å². The highest BCUT2D eigenvalue weighted by Gasteiger charge is 2.42. The highest BCUT2D eigenvalue weighted by molar-refractivity contribution is 5.81. The molecule has 8 heteroatoms. The molecular formula is C42H40N8. The van der Waals surface area contributed by atoms with Crippen LogP contribution in [0.5, 0.6) is 0 Å². The van der Waals surface area contributed by atoms with Crippen LogP contribution in [0.15, 0.2) is 146 Å². The maximum atomic E-state index is 6.01. The van der Waals surface area contributed by atoms with Crippen LogP contribution >= 0.6 is 0 Å². The van der Waals surface area contributed by atoms with E-state index in [0.717, 1.165) is 75.4 Å². The molecule has 2 aromatic heterocycles. The van der Waals surface area contributed by atoms with Gasteiger partial charge in [0.05, 0.1) is 0 Å². The average molecular weight is 657 g/mol. The summed E-state index contributed by atoms with van der Waals surface area (Å²) in [5.41, 5.74) is 13.4. The van der Waals surface area contributed by atoms with Crippen molar-refractivity contribution >= 4 is 5.82 Å². The van der Waals surface area contributed by atoms with Gasteiger partial charge in [-0.1, -0.05) is 153 Å². The molecule has 7 rings (SSSR count). The molecule has 0 amide bonds. The second-order valence-electron chi connectivity index (χ2n) is 12.3. The summed E-state index contributed by atoms with van der Waals surface area (Å²) in [6, 6.07) is 48.3. The average Bonchev–Trinajstić information content (AvgIpc) is 3.68. The highest BCUT2D eigenvalue weighted by Crippen LogP contribution is 2.43. The lowest BCUT2D eigenvalue weighted by atomic mass is 9.77. The summed E-state index contributed by atoms with van der Waals surface area (Å²) < 4.78 is 1.98. The van der Waals surface area contributed by atoms with E-state index in [4.69, 9.17) is 21.0 Å². The summed E-state index contributed by atoms with van der Waals surface area (Å²) in [6.07, 6.45) is 4.86. The molecule has 0 atom stereocenters. The third-order valence-electron chi connectivity index (χ3n) is 9.14. The van der Waals surface area contributed by atoms with Gasteiger partial charge in [0.1, 0.15) is 17.2 Å². The first-order valence-electron chi connectivity index (χ1n) is 17.1. The molecule has 0 aliphatic heterocycles. The van der Waals surface area contributed by atoms with Crippen molar-refractivity contribution in [3.63, 3.8) is 0 Å². The normalized spacial score (nSPS) is 11.4. The third kappa shape index (κ3) is 6.41. The van der Waals surface area contributed by atoms with Crippen molar-refractivity contribution in [1.82, 2.24) is 30.2 Å². The predicted octanol–water partition coefficient (Wildman–Crippen LogP) is 8.05. The Morgan fingerprint density at radius 3 is 1.86 bits per heavy atom. The van der Waals surface area contributed by atoms with Crippen LogP contribution in [0.4, 0.5) is 5.82 Å². The molecule has 0 bridgehead atoms. The minimum atomic E-state index is -0.842. The molecule has 3 N–H and O–H groups in total. The number of unbranched alkanes of at least 4 members (excludes halogenated alkanes) is 1. The number of rotatable bonds is 13. The first kappa shape index (κ1) is 32.6. The zero-order valence-electron chi connectivity index (χ0n) is 28.2. The van der Waals surface area contributed by atoms with E-state index >= 15 is 0 Å². The van der Waals surface area contributed by atoms with Crippen LogP contribution in [0, 0.1) is 0 Å². The van der Waals surface area contributed by atoms with Crippen molar-refractivity contribution in [3.05, 3.63) is 179 Å².